The minimum absolute atomic E-state index is 0.216. The molecule has 0 saturated carbocycles. The normalized spacial score (nSPS) is 11.9. The van der Waals surface area contributed by atoms with Crippen LogP contribution >= 0.6 is 0 Å². The second kappa shape index (κ2) is 7.65. The first-order chi connectivity index (χ1) is 12.1. The van der Waals surface area contributed by atoms with E-state index in [2.05, 4.69) is 20.3 Å². The zero-order chi connectivity index (χ0) is 17.6. The summed E-state index contributed by atoms with van der Waals surface area (Å²) in [5, 5.41) is 12.2. The topological polar surface area (TPSA) is 86.5 Å². The van der Waals surface area contributed by atoms with Crippen molar-refractivity contribution in [3.8, 4) is 11.6 Å². The number of fused-ring (bicyclic) bond motifs is 1. The lowest BCUT2D eigenvalue weighted by molar-refractivity contribution is -0.127. The molecule has 0 radical (unpaired) electrons. The fraction of sp³-hybridized carbons (Fsp3) is 0.278. The van der Waals surface area contributed by atoms with Gasteiger partial charge in [-0.05, 0) is 41.9 Å². The number of benzene rings is 2. The van der Waals surface area contributed by atoms with Crippen molar-refractivity contribution in [2.75, 3.05) is 13.2 Å². The van der Waals surface area contributed by atoms with Crippen LogP contribution in [0.3, 0.4) is 0 Å². The summed E-state index contributed by atoms with van der Waals surface area (Å²) >= 11 is 0. The summed E-state index contributed by atoms with van der Waals surface area (Å²) in [5.41, 5.74) is 0.569. The number of carbonyl (C=O) groups excluding carboxylic acids is 1. The predicted molar refractivity (Wildman–Crippen MR) is 91.6 cm³/mol. The number of hydrogen-bond acceptors (Lipinski definition) is 6. The quantitative estimate of drug-likeness (QED) is 0.665. The molecule has 0 aliphatic heterocycles. The molecule has 1 aromatic heterocycles. The summed E-state index contributed by atoms with van der Waals surface area (Å²) in [6.07, 6.45) is -0.614. The lowest BCUT2D eigenvalue weighted by Gasteiger charge is -2.15. The largest absolute Gasteiger partial charge is 0.481 e. The van der Waals surface area contributed by atoms with Crippen LogP contribution in [0.2, 0.25) is 0 Å². The molecule has 1 heterocycles. The summed E-state index contributed by atoms with van der Waals surface area (Å²) < 4.78 is 15.6. The van der Waals surface area contributed by atoms with E-state index >= 15 is 0 Å². The van der Waals surface area contributed by atoms with Crippen LogP contribution in [0.15, 0.2) is 47.1 Å². The van der Waals surface area contributed by atoms with Gasteiger partial charge >= 0.3 is 0 Å². The molecular formula is C18H19N3O4. The molecule has 7 heteroatoms. The molecule has 1 amide bonds. The highest BCUT2D eigenvalue weighted by molar-refractivity contribution is 5.84. The highest BCUT2D eigenvalue weighted by Gasteiger charge is 2.14. The smallest absolute Gasteiger partial charge is 0.278 e. The number of hydrogen-bond donors (Lipinski definition) is 1. The van der Waals surface area contributed by atoms with E-state index in [0.29, 0.717) is 23.9 Å². The third-order valence-corrected chi connectivity index (χ3v) is 3.65. The molecule has 3 aromatic rings. The Morgan fingerprint density at radius 3 is 2.76 bits per heavy atom. The maximum absolute atomic E-state index is 12.1. The molecule has 2 aromatic carbocycles. The van der Waals surface area contributed by atoms with Gasteiger partial charge in [0.2, 0.25) is 0 Å². The Morgan fingerprint density at radius 1 is 1.20 bits per heavy atom. The van der Waals surface area contributed by atoms with Gasteiger partial charge in [-0.25, -0.2) is 4.63 Å². The van der Waals surface area contributed by atoms with Gasteiger partial charge in [-0.1, -0.05) is 35.5 Å². The lowest BCUT2D eigenvalue weighted by Crippen LogP contribution is -2.38. The van der Waals surface area contributed by atoms with Crippen molar-refractivity contribution in [2.24, 2.45) is 0 Å². The van der Waals surface area contributed by atoms with Crippen molar-refractivity contribution in [2.45, 2.75) is 20.0 Å². The maximum atomic E-state index is 12.1. The standard InChI is InChI=1S/C18H19N3O4/c1-12-18(21-25-20-12)23-10-9-19-17(22)13(2)24-16-8-7-14-5-3-4-6-15(14)11-16/h3-8,11,13H,9-10H2,1-2H3,(H,19,22)/t13-/m0/s1. The summed E-state index contributed by atoms with van der Waals surface area (Å²) in [5.74, 6) is 0.767. The number of amides is 1. The third-order valence-electron chi connectivity index (χ3n) is 3.65. The molecule has 0 saturated heterocycles. The van der Waals surface area contributed by atoms with Crippen LogP contribution < -0.4 is 14.8 Å². The van der Waals surface area contributed by atoms with Crippen LogP contribution in [0.4, 0.5) is 0 Å². The fourth-order valence-corrected chi connectivity index (χ4v) is 2.32. The molecule has 0 unspecified atom stereocenters. The van der Waals surface area contributed by atoms with Crippen LogP contribution in [0.25, 0.3) is 10.8 Å². The van der Waals surface area contributed by atoms with E-state index in [1.54, 1.807) is 13.8 Å². The number of nitrogens with one attached hydrogen (secondary N) is 1. The van der Waals surface area contributed by atoms with Crippen molar-refractivity contribution in [1.29, 1.82) is 0 Å². The van der Waals surface area contributed by atoms with Crippen LogP contribution in [0, 0.1) is 6.92 Å². The number of aromatic nitrogens is 2. The molecule has 25 heavy (non-hydrogen) atoms. The Hall–Kier alpha value is -3.09. The van der Waals surface area contributed by atoms with Gasteiger partial charge in [-0.2, -0.15) is 0 Å². The van der Waals surface area contributed by atoms with Gasteiger partial charge in [0.1, 0.15) is 18.1 Å². The molecule has 7 nitrogen and oxygen atoms in total. The van der Waals surface area contributed by atoms with Gasteiger partial charge in [0.25, 0.3) is 11.8 Å². The summed E-state index contributed by atoms with van der Waals surface area (Å²) in [7, 11) is 0. The van der Waals surface area contributed by atoms with Crippen molar-refractivity contribution >= 4 is 16.7 Å². The van der Waals surface area contributed by atoms with E-state index in [0.717, 1.165) is 10.8 Å². The first-order valence-corrected chi connectivity index (χ1v) is 7.98. The number of nitrogens with zero attached hydrogens (tertiary/aromatic N) is 2. The van der Waals surface area contributed by atoms with Crippen LogP contribution in [-0.2, 0) is 4.79 Å². The molecule has 0 aliphatic carbocycles. The van der Waals surface area contributed by atoms with E-state index in [1.807, 2.05) is 42.5 Å². The number of ether oxygens (including phenoxy) is 2. The van der Waals surface area contributed by atoms with E-state index in [9.17, 15) is 4.79 Å². The molecule has 0 bridgehead atoms. The number of carbonyl (C=O) groups is 1. The first-order valence-electron chi connectivity index (χ1n) is 7.98. The van der Waals surface area contributed by atoms with Gasteiger partial charge in [0.15, 0.2) is 6.10 Å². The van der Waals surface area contributed by atoms with Gasteiger partial charge in [-0.15, -0.1) is 0 Å². The van der Waals surface area contributed by atoms with Gasteiger partial charge < -0.3 is 14.8 Å². The zero-order valence-electron chi connectivity index (χ0n) is 14.1. The Labute approximate surface area is 144 Å². The van der Waals surface area contributed by atoms with E-state index in [4.69, 9.17) is 9.47 Å². The van der Waals surface area contributed by atoms with Crippen molar-refractivity contribution < 1.29 is 18.9 Å². The first kappa shape index (κ1) is 16.8. The molecule has 1 N–H and O–H groups in total. The Balaban J connectivity index is 1.47. The monoisotopic (exact) mass is 341 g/mol. The van der Waals surface area contributed by atoms with Crippen molar-refractivity contribution in [3.05, 3.63) is 48.2 Å². The minimum atomic E-state index is -0.614. The SMILES string of the molecule is Cc1nonc1OCCNC(=O)[C@H](C)Oc1ccc2ccccc2c1. The van der Waals surface area contributed by atoms with Crippen LogP contribution in [-0.4, -0.2) is 35.5 Å². The Kier molecular flexibility index (Phi) is 5.13. The molecule has 0 aliphatic rings. The highest BCUT2D eigenvalue weighted by atomic mass is 16.6. The Bertz CT molecular complexity index is 862. The minimum Gasteiger partial charge on any atom is -0.481 e. The lowest BCUT2D eigenvalue weighted by atomic mass is 10.1. The van der Waals surface area contributed by atoms with Gasteiger partial charge in [0.05, 0.1) is 6.54 Å². The van der Waals surface area contributed by atoms with Crippen LogP contribution in [0.1, 0.15) is 12.6 Å². The van der Waals surface area contributed by atoms with Gasteiger partial charge in [-0.3, -0.25) is 4.79 Å². The average molecular weight is 341 g/mol. The summed E-state index contributed by atoms with van der Waals surface area (Å²) in [6.45, 7) is 4.03. The molecule has 130 valence electrons. The van der Waals surface area contributed by atoms with Crippen molar-refractivity contribution in [3.63, 3.8) is 0 Å². The van der Waals surface area contributed by atoms with E-state index in [-0.39, 0.29) is 12.5 Å². The maximum Gasteiger partial charge on any atom is 0.278 e. The predicted octanol–water partition coefficient (Wildman–Crippen LogP) is 2.49. The highest BCUT2D eigenvalue weighted by Crippen LogP contribution is 2.21. The third kappa shape index (κ3) is 4.26. The fourth-order valence-electron chi connectivity index (χ4n) is 2.32. The zero-order valence-corrected chi connectivity index (χ0v) is 14.1. The van der Waals surface area contributed by atoms with E-state index in [1.165, 1.54) is 0 Å². The molecule has 1 atom stereocenters. The summed E-state index contributed by atoms with van der Waals surface area (Å²) in [4.78, 5) is 12.1. The second-order valence-electron chi connectivity index (χ2n) is 5.56. The molecular weight excluding hydrogens is 322 g/mol. The number of rotatable bonds is 7. The number of aryl methyl sites for hydroxylation is 1. The summed E-state index contributed by atoms with van der Waals surface area (Å²) in [6, 6.07) is 13.7. The molecule has 0 spiro atoms. The molecule has 3 rings (SSSR count). The average Bonchev–Trinajstić information content (AvgIpc) is 3.03. The van der Waals surface area contributed by atoms with Gasteiger partial charge in [0, 0.05) is 0 Å². The van der Waals surface area contributed by atoms with E-state index < -0.39 is 6.10 Å². The van der Waals surface area contributed by atoms with Crippen molar-refractivity contribution in [1.82, 2.24) is 15.6 Å². The Morgan fingerprint density at radius 2 is 2.00 bits per heavy atom. The molecule has 0 fully saturated rings. The second-order valence-corrected chi connectivity index (χ2v) is 5.56. The van der Waals surface area contributed by atoms with Crippen LogP contribution in [0.5, 0.6) is 11.6 Å².